The lowest BCUT2D eigenvalue weighted by Crippen LogP contribution is -2.30. The number of thioether (sulfide) groups is 1. The highest BCUT2D eigenvalue weighted by atomic mass is 32.2. The first kappa shape index (κ1) is 28.7. The Hall–Kier alpha value is -5.07. The van der Waals surface area contributed by atoms with E-state index in [4.69, 9.17) is 4.74 Å². The second-order valence-electron chi connectivity index (χ2n) is 11.2. The minimum Gasteiger partial charge on any atom is -0.492 e. The van der Waals surface area contributed by atoms with Gasteiger partial charge in [0.1, 0.15) is 12.4 Å². The number of nitrogens with zero attached hydrogens (tertiary/aromatic N) is 1. The predicted octanol–water partition coefficient (Wildman–Crippen LogP) is 8.00. The normalized spacial score (nSPS) is 14.9. The van der Waals surface area contributed by atoms with Gasteiger partial charge in [-0.15, -0.1) is 0 Å². The first-order chi connectivity index (χ1) is 22.1. The van der Waals surface area contributed by atoms with Gasteiger partial charge in [-0.25, -0.2) is 0 Å². The zero-order chi connectivity index (χ0) is 30.6. The minimum absolute atomic E-state index is 0.223. The first-order valence-electron chi connectivity index (χ1n) is 15.1. The molecule has 7 rings (SSSR count). The van der Waals surface area contributed by atoms with Crippen LogP contribution in [0.1, 0.15) is 27.8 Å². The quantitative estimate of drug-likeness (QED) is 0.160. The van der Waals surface area contributed by atoms with Crippen molar-refractivity contribution in [2.24, 2.45) is 0 Å². The Kier molecular flexibility index (Phi) is 7.97. The highest BCUT2D eigenvalue weighted by molar-refractivity contribution is 8.15. The standard InChI is InChI=1S/C39H32N2O3S/c42-37-36(45-38(43)40-37)26-28-20-22-32(23-21-28)44-25-24-41-27-34(33-18-10-11-19-35(33)41)39(29-12-4-1-5-13-29,30-14-6-2-7-15-30)31-16-8-3-9-17-31/h1-23,27,36H,24-26H2,(H,40,42,43). The van der Waals surface area contributed by atoms with Crippen LogP contribution in [0.15, 0.2) is 146 Å². The Morgan fingerprint density at radius 3 is 1.80 bits per heavy atom. The number of carbonyl (C=O) groups is 2. The predicted molar refractivity (Wildman–Crippen MR) is 181 cm³/mol. The maximum atomic E-state index is 12.0. The molecule has 1 aromatic heterocycles. The average Bonchev–Trinajstić information content (AvgIpc) is 3.62. The summed E-state index contributed by atoms with van der Waals surface area (Å²) in [5.41, 5.74) is 6.45. The summed E-state index contributed by atoms with van der Waals surface area (Å²) in [5, 5.41) is 2.89. The number of imide groups is 1. The van der Waals surface area contributed by atoms with Crippen LogP contribution < -0.4 is 10.1 Å². The number of ether oxygens (including phenoxy) is 1. The summed E-state index contributed by atoms with van der Waals surface area (Å²) in [5.74, 6) is 0.543. The van der Waals surface area contributed by atoms with Crippen molar-refractivity contribution >= 4 is 33.8 Å². The van der Waals surface area contributed by atoms with Crippen molar-refractivity contribution in [2.45, 2.75) is 23.6 Å². The number of carbonyl (C=O) groups excluding carboxylic acids is 2. The van der Waals surface area contributed by atoms with E-state index in [2.05, 4.69) is 131 Å². The molecule has 0 saturated carbocycles. The van der Waals surface area contributed by atoms with Crippen LogP contribution in [-0.4, -0.2) is 27.6 Å². The minimum atomic E-state index is -0.537. The first-order valence-corrected chi connectivity index (χ1v) is 16.0. The average molecular weight is 609 g/mol. The molecule has 1 unspecified atom stereocenters. The van der Waals surface area contributed by atoms with Crippen LogP contribution in [0.5, 0.6) is 5.75 Å². The van der Waals surface area contributed by atoms with E-state index < -0.39 is 5.41 Å². The summed E-state index contributed by atoms with van der Waals surface area (Å²) < 4.78 is 8.51. The summed E-state index contributed by atoms with van der Waals surface area (Å²) in [6, 6.07) is 48.7. The van der Waals surface area contributed by atoms with Crippen LogP contribution in [0.25, 0.3) is 10.9 Å². The number of amides is 2. The molecule has 1 N–H and O–H groups in total. The molecule has 2 amide bonds. The number of benzene rings is 5. The molecular weight excluding hydrogens is 577 g/mol. The zero-order valence-corrected chi connectivity index (χ0v) is 25.5. The molecule has 0 radical (unpaired) electrons. The van der Waals surface area contributed by atoms with Gasteiger partial charge in [0.15, 0.2) is 0 Å². The van der Waals surface area contributed by atoms with E-state index in [1.807, 2.05) is 24.3 Å². The molecule has 5 nitrogen and oxygen atoms in total. The molecule has 6 aromatic rings. The summed E-state index contributed by atoms with van der Waals surface area (Å²) in [4.78, 5) is 23.5. The Morgan fingerprint density at radius 1 is 0.689 bits per heavy atom. The van der Waals surface area contributed by atoms with Gasteiger partial charge < -0.3 is 9.30 Å². The van der Waals surface area contributed by atoms with E-state index in [9.17, 15) is 9.59 Å². The second-order valence-corrected chi connectivity index (χ2v) is 12.4. The molecule has 0 bridgehead atoms. The largest absolute Gasteiger partial charge is 0.492 e. The van der Waals surface area contributed by atoms with E-state index >= 15 is 0 Å². The van der Waals surface area contributed by atoms with Gasteiger partial charge in [-0.05, 0) is 52.4 Å². The van der Waals surface area contributed by atoms with Gasteiger partial charge in [0, 0.05) is 17.1 Å². The summed E-state index contributed by atoms with van der Waals surface area (Å²) in [6.45, 7) is 1.15. The van der Waals surface area contributed by atoms with E-state index in [0.29, 0.717) is 19.6 Å². The van der Waals surface area contributed by atoms with E-state index in [-0.39, 0.29) is 16.4 Å². The second kappa shape index (κ2) is 12.5. The van der Waals surface area contributed by atoms with E-state index in [0.717, 1.165) is 28.6 Å². The fourth-order valence-electron chi connectivity index (χ4n) is 6.49. The fourth-order valence-corrected chi connectivity index (χ4v) is 7.35. The number of fused-ring (bicyclic) bond motifs is 1. The van der Waals surface area contributed by atoms with Gasteiger partial charge in [-0.2, -0.15) is 0 Å². The topological polar surface area (TPSA) is 60.3 Å². The molecule has 6 heteroatoms. The van der Waals surface area contributed by atoms with Gasteiger partial charge in [0.05, 0.1) is 17.2 Å². The van der Waals surface area contributed by atoms with Crippen LogP contribution in [0, 0.1) is 0 Å². The molecule has 45 heavy (non-hydrogen) atoms. The molecule has 1 fully saturated rings. The van der Waals surface area contributed by atoms with Gasteiger partial charge in [0.2, 0.25) is 5.91 Å². The summed E-state index contributed by atoms with van der Waals surface area (Å²) >= 11 is 1.05. The van der Waals surface area contributed by atoms with Crippen LogP contribution in [0.2, 0.25) is 0 Å². The van der Waals surface area contributed by atoms with Gasteiger partial charge >= 0.3 is 0 Å². The number of para-hydroxylation sites is 1. The molecular formula is C39H32N2O3S. The molecule has 0 aliphatic carbocycles. The maximum absolute atomic E-state index is 12.0. The Labute approximate surface area is 266 Å². The lowest BCUT2D eigenvalue weighted by atomic mass is 9.65. The van der Waals surface area contributed by atoms with Crippen molar-refractivity contribution in [1.29, 1.82) is 0 Å². The van der Waals surface area contributed by atoms with Crippen LogP contribution in [0.4, 0.5) is 4.79 Å². The van der Waals surface area contributed by atoms with Crippen molar-refractivity contribution < 1.29 is 14.3 Å². The number of aromatic nitrogens is 1. The third-order valence-corrected chi connectivity index (χ3v) is 9.51. The number of rotatable bonds is 10. The van der Waals surface area contributed by atoms with Crippen molar-refractivity contribution in [3.05, 3.63) is 174 Å². The smallest absolute Gasteiger partial charge is 0.286 e. The SMILES string of the molecule is O=C1NC(=O)C(Cc2ccc(OCCn3cc(C(c4ccccc4)(c4ccccc4)c4ccccc4)c4ccccc43)cc2)S1. The molecule has 2 heterocycles. The molecule has 1 aliphatic heterocycles. The number of hydrogen-bond acceptors (Lipinski definition) is 4. The van der Waals surface area contributed by atoms with Crippen molar-refractivity contribution in [3.8, 4) is 5.75 Å². The molecule has 222 valence electrons. The molecule has 1 saturated heterocycles. The Morgan fingerprint density at radius 2 is 1.24 bits per heavy atom. The highest BCUT2D eigenvalue weighted by Crippen LogP contribution is 2.47. The Bertz CT molecular complexity index is 1840. The van der Waals surface area contributed by atoms with Crippen molar-refractivity contribution in [1.82, 2.24) is 9.88 Å². The van der Waals surface area contributed by atoms with Crippen LogP contribution in [-0.2, 0) is 23.2 Å². The molecule has 1 atom stereocenters. The summed E-state index contributed by atoms with van der Waals surface area (Å²) in [6.07, 6.45) is 2.81. The van der Waals surface area contributed by atoms with Crippen LogP contribution in [0.3, 0.4) is 0 Å². The van der Waals surface area contributed by atoms with E-state index in [1.54, 1.807) is 0 Å². The molecule has 0 spiro atoms. The zero-order valence-electron chi connectivity index (χ0n) is 24.6. The van der Waals surface area contributed by atoms with E-state index in [1.165, 1.54) is 27.6 Å². The Balaban J connectivity index is 1.22. The fraction of sp³-hybridized carbons (Fsp3) is 0.128. The number of hydrogen-bond donors (Lipinski definition) is 1. The lowest BCUT2D eigenvalue weighted by Gasteiger charge is -2.36. The van der Waals surface area contributed by atoms with Crippen molar-refractivity contribution in [2.75, 3.05) is 6.61 Å². The van der Waals surface area contributed by atoms with Gasteiger partial charge in [0.25, 0.3) is 5.24 Å². The number of nitrogens with one attached hydrogen (secondary N) is 1. The molecule has 5 aromatic carbocycles. The van der Waals surface area contributed by atoms with Crippen LogP contribution >= 0.6 is 11.8 Å². The maximum Gasteiger partial charge on any atom is 0.286 e. The van der Waals surface area contributed by atoms with Gasteiger partial charge in [-0.1, -0.05) is 133 Å². The monoisotopic (exact) mass is 608 g/mol. The van der Waals surface area contributed by atoms with Gasteiger partial charge in [-0.3, -0.25) is 14.9 Å². The third kappa shape index (κ3) is 5.54. The summed E-state index contributed by atoms with van der Waals surface area (Å²) in [7, 11) is 0. The highest BCUT2D eigenvalue weighted by Gasteiger charge is 2.40. The third-order valence-electron chi connectivity index (χ3n) is 8.53. The van der Waals surface area contributed by atoms with Crippen molar-refractivity contribution in [3.63, 3.8) is 0 Å². The lowest BCUT2D eigenvalue weighted by molar-refractivity contribution is -0.118. The molecule has 1 aliphatic rings.